The third kappa shape index (κ3) is 6.06. The number of hydrogen-bond acceptors (Lipinski definition) is 7. The van der Waals surface area contributed by atoms with Crippen LogP contribution in [0.15, 0.2) is 24.3 Å². The van der Waals surface area contributed by atoms with Gasteiger partial charge in [-0.1, -0.05) is 12.1 Å². The molecule has 1 fully saturated rings. The van der Waals surface area contributed by atoms with E-state index < -0.39 is 52.3 Å². The molecular formula is C24H34O7. The number of benzene rings is 1. The van der Waals surface area contributed by atoms with E-state index in [1.54, 1.807) is 65.8 Å². The fraction of sp³-hybridized carbons (Fsp3) is 0.625. The average Bonchev–Trinajstić information content (AvgIpc) is 2.56. The van der Waals surface area contributed by atoms with Crippen LogP contribution >= 0.6 is 0 Å². The minimum Gasteiger partial charge on any atom is -0.497 e. The maximum Gasteiger partial charge on any atom is 0.317 e. The highest BCUT2D eigenvalue weighted by Crippen LogP contribution is 2.47. The summed E-state index contributed by atoms with van der Waals surface area (Å²) in [4.78, 5) is 39.4. The van der Waals surface area contributed by atoms with Crippen molar-refractivity contribution in [2.24, 2.45) is 11.8 Å². The lowest BCUT2D eigenvalue weighted by Gasteiger charge is -2.44. The Morgan fingerprint density at radius 3 is 1.90 bits per heavy atom. The zero-order valence-electron chi connectivity index (χ0n) is 19.6. The highest BCUT2D eigenvalue weighted by molar-refractivity contribution is 6.03. The summed E-state index contributed by atoms with van der Waals surface area (Å²) in [5.74, 6) is -4.62. The number of ether oxygens (including phenoxy) is 3. The molecule has 1 aromatic carbocycles. The van der Waals surface area contributed by atoms with Crippen LogP contribution in [0.3, 0.4) is 0 Å². The largest absolute Gasteiger partial charge is 0.497 e. The van der Waals surface area contributed by atoms with Crippen molar-refractivity contribution in [2.75, 3.05) is 7.11 Å². The molecule has 31 heavy (non-hydrogen) atoms. The van der Waals surface area contributed by atoms with Crippen molar-refractivity contribution >= 4 is 17.7 Å². The first-order valence-electron chi connectivity index (χ1n) is 10.4. The third-order valence-electron chi connectivity index (χ3n) is 5.09. The van der Waals surface area contributed by atoms with E-state index >= 15 is 0 Å². The van der Waals surface area contributed by atoms with Crippen molar-refractivity contribution in [2.45, 2.75) is 77.6 Å². The Bertz CT molecular complexity index is 825. The van der Waals surface area contributed by atoms with E-state index in [4.69, 9.17) is 14.2 Å². The molecule has 0 aromatic heterocycles. The smallest absolute Gasteiger partial charge is 0.317 e. The fourth-order valence-corrected chi connectivity index (χ4v) is 3.97. The normalized spacial score (nSPS) is 26.9. The second kappa shape index (κ2) is 8.61. The summed E-state index contributed by atoms with van der Waals surface area (Å²) in [5, 5.41) is 11.1. The molecule has 7 heteroatoms. The van der Waals surface area contributed by atoms with Crippen molar-refractivity contribution in [1.82, 2.24) is 0 Å². The summed E-state index contributed by atoms with van der Waals surface area (Å²) in [6.07, 6.45) is -0.354. The summed E-state index contributed by atoms with van der Waals surface area (Å²) in [7, 11) is 1.52. The second-order valence-corrected chi connectivity index (χ2v) is 10.3. The highest BCUT2D eigenvalue weighted by Gasteiger charge is 2.57. The van der Waals surface area contributed by atoms with Gasteiger partial charge in [-0.2, -0.15) is 0 Å². The topological polar surface area (TPSA) is 99.1 Å². The van der Waals surface area contributed by atoms with Crippen LogP contribution < -0.4 is 4.74 Å². The molecule has 0 radical (unpaired) electrons. The molecule has 0 spiro atoms. The predicted molar refractivity (Wildman–Crippen MR) is 115 cm³/mol. The number of ketones is 1. The Kier molecular flexibility index (Phi) is 6.91. The van der Waals surface area contributed by atoms with Crippen LogP contribution in [0.25, 0.3) is 0 Å². The molecule has 0 heterocycles. The summed E-state index contributed by atoms with van der Waals surface area (Å²) in [6, 6.07) is 6.74. The Labute approximate surface area is 184 Å². The number of methoxy groups -OCH3 is 1. The molecule has 0 bridgehead atoms. The first-order chi connectivity index (χ1) is 14.1. The van der Waals surface area contributed by atoms with Gasteiger partial charge in [0, 0.05) is 12.3 Å². The molecule has 2 rings (SSSR count). The molecule has 0 saturated heterocycles. The van der Waals surface area contributed by atoms with E-state index in [0.29, 0.717) is 11.3 Å². The first-order valence-corrected chi connectivity index (χ1v) is 10.4. The van der Waals surface area contributed by atoms with Crippen LogP contribution in [0.5, 0.6) is 5.75 Å². The van der Waals surface area contributed by atoms with Crippen molar-refractivity contribution in [3.05, 3.63) is 29.8 Å². The Hall–Kier alpha value is -2.41. The van der Waals surface area contributed by atoms with E-state index in [-0.39, 0.29) is 6.42 Å². The van der Waals surface area contributed by atoms with Gasteiger partial charge in [0.1, 0.15) is 22.9 Å². The Balaban J connectivity index is 2.63. The SMILES string of the molecule is COc1ccc([C@@H]2[C@H](C(=O)OC(C)(C)C)C(=O)C[C@](C)(O)[C@@H]2C(=O)OC(C)(C)C)cc1. The summed E-state index contributed by atoms with van der Waals surface area (Å²) >= 11 is 0. The van der Waals surface area contributed by atoms with Crippen molar-refractivity contribution in [3.63, 3.8) is 0 Å². The number of hydrogen-bond donors (Lipinski definition) is 1. The quantitative estimate of drug-likeness (QED) is 0.573. The molecule has 1 aliphatic carbocycles. The average molecular weight is 435 g/mol. The minimum atomic E-state index is -1.69. The number of esters is 2. The van der Waals surface area contributed by atoms with E-state index in [2.05, 4.69) is 0 Å². The molecule has 7 nitrogen and oxygen atoms in total. The van der Waals surface area contributed by atoms with E-state index in [9.17, 15) is 19.5 Å². The van der Waals surface area contributed by atoms with Gasteiger partial charge in [-0.3, -0.25) is 14.4 Å². The predicted octanol–water partition coefficient (Wildman–Crippen LogP) is 3.42. The summed E-state index contributed by atoms with van der Waals surface area (Å²) in [6.45, 7) is 11.7. The van der Waals surface area contributed by atoms with Gasteiger partial charge in [0.05, 0.1) is 18.6 Å². The molecule has 0 amide bonds. The van der Waals surface area contributed by atoms with Crippen molar-refractivity contribution in [1.29, 1.82) is 0 Å². The Morgan fingerprint density at radius 2 is 1.45 bits per heavy atom. The van der Waals surface area contributed by atoms with Crippen molar-refractivity contribution in [3.8, 4) is 5.75 Å². The Morgan fingerprint density at radius 1 is 0.968 bits per heavy atom. The second-order valence-electron chi connectivity index (χ2n) is 10.3. The lowest BCUT2D eigenvalue weighted by Crippen LogP contribution is -2.56. The molecule has 4 atom stereocenters. The molecule has 172 valence electrons. The first kappa shape index (κ1) is 24.9. The zero-order chi connectivity index (χ0) is 23.8. The van der Waals surface area contributed by atoms with Gasteiger partial charge in [0.2, 0.25) is 0 Å². The number of rotatable bonds is 4. The van der Waals surface area contributed by atoms with Gasteiger partial charge < -0.3 is 19.3 Å². The number of aliphatic hydroxyl groups is 1. The van der Waals surface area contributed by atoms with Crippen LogP contribution in [-0.4, -0.2) is 46.7 Å². The molecule has 1 aromatic rings. The molecule has 1 N–H and O–H groups in total. The van der Waals surface area contributed by atoms with E-state index in [0.717, 1.165) is 0 Å². The highest BCUT2D eigenvalue weighted by atomic mass is 16.6. The van der Waals surface area contributed by atoms with Gasteiger partial charge in [-0.25, -0.2) is 0 Å². The number of carbonyl (C=O) groups is 3. The lowest BCUT2D eigenvalue weighted by atomic mass is 9.61. The zero-order valence-corrected chi connectivity index (χ0v) is 19.6. The molecule has 0 unspecified atom stereocenters. The summed E-state index contributed by atoms with van der Waals surface area (Å²) < 4.78 is 16.3. The van der Waals surface area contributed by atoms with Gasteiger partial charge in [0.15, 0.2) is 5.78 Å². The van der Waals surface area contributed by atoms with Gasteiger partial charge in [-0.05, 0) is 66.2 Å². The van der Waals surface area contributed by atoms with Crippen LogP contribution in [0.2, 0.25) is 0 Å². The van der Waals surface area contributed by atoms with Crippen LogP contribution in [0.1, 0.15) is 66.4 Å². The molecule has 0 aliphatic heterocycles. The monoisotopic (exact) mass is 434 g/mol. The van der Waals surface area contributed by atoms with Gasteiger partial charge in [-0.15, -0.1) is 0 Å². The maximum absolute atomic E-state index is 13.2. The standard InChI is InChI=1S/C24H34O7/c1-22(2,3)30-20(26)18-16(25)13-24(7,28)19(21(27)31-23(4,5)6)17(18)14-9-11-15(29-8)12-10-14/h9-12,17-19,28H,13H2,1-8H3/t17-,18-,19+,24+/m1/s1. The van der Waals surface area contributed by atoms with E-state index in [1.807, 2.05) is 0 Å². The van der Waals surface area contributed by atoms with E-state index in [1.165, 1.54) is 14.0 Å². The van der Waals surface area contributed by atoms with Crippen molar-refractivity contribution < 1.29 is 33.7 Å². The van der Waals surface area contributed by atoms with Gasteiger partial charge >= 0.3 is 11.9 Å². The summed E-state index contributed by atoms with van der Waals surface area (Å²) in [5.41, 5.74) is -2.77. The molecule has 1 saturated carbocycles. The lowest BCUT2D eigenvalue weighted by molar-refractivity contribution is -0.182. The fourth-order valence-electron chi connectivity index (χ4n) is 3.97. The number of carbonyl (C=O) groups excluding carboxylic acids is 3. The number of Topliss-reactive ketones (excluding diaryl/α,β-unsaturated/α-hetero) is 1. The van der Waals surface area contributed by atoms with Crippen LogP contribution in [0.4, 0.5) is 0 Å². The molecular weight excluding hydrogens is 400 g/mol. The van der Waals surface area contributed by atoms with Crippen LogP contribution in [-0.2, 0) is 23.9 Å². The minimum absolute atomic E-state index is 0.354. The molecule has 1 aliphatic rings. The third-order valence-corrected chi connectivity index (χ3v) is 5.09. The van der Waals surface area contributed by atoms with Gasteiger partial charge in [0.25, 0.3) is 0 Å². The maximum atomic E-state index is 13.2. The van der Waals surface area contributed by atoms with Crippen LogP contribution in [0, 0.1) is 11.8 Å².